The third kappa shape index (κ3) is 8.65. The molecule has 1 rings (SSSR count). The van der Waals surface area contributed by atoms with Crippen LogP contribution in [-0.2, 0) is 6.42 Å². The van der Waals surface area contributed by atoms with Crippen LogP contribution >= 0.6 is 11.9 Å². The van der Waals surface area contributed by atoms with E-state index in [0.29, 0.717) is 0 Å². The van der Waals surface area contributed by atoms with Crippen LogP contribution in [-0.4, -0.2) is 0 Å². The molecule has 0 spiro atoms. The molecule has 2 heteroatoms. The average Bonchev–Trinajstić information content (AvgIpc) is 2.50. The molecule has 0 saturated carbocycles. The molecule has 0 amide bonds. The Balaban J connectivity index is 1.91. The third-order valence-corrected chi connectivity index (χ3v) is 4.42. The van der Waals surface area contributed by atoms with Gasteiger partial charge in [0.15, 0.2) is 0 Å². The molecule has 0 atom stereocenters. The van der Waals surface area contributed by atoms with Crippen molar-refractivity contribution in [1.82, 2.24) is 0 Å². The van der Waals surface area contributed by atoms with Gasteiger partial charge in [0.1, 0.15) is 0 Å². The van der Waals surface area contributed by atoms with Crippen LogP contribution in [0.4, 0.5) is 0 Å². The number of benzene rings is 1. The molecule has 1 nitrogen and oxygen atoms in total. The summed E-state index contributed by atoms with van der Waals surface area (Å²) in [4.78, 5) is 1.15. The topological polar surface area (TPSA) is 26.0 Å². The van der Waals surface area contributed by atoms with E-state index < -0.39 is 0 Å². The number of nitrogens with two attached hydrogens (primary N) is 1. The monoisotopic (exact) mass is 293 g/mol. The molecule has 0 aliphatic heterocycles. The summed E-state index contributed by atoms with van der Waals surface area (Å²) < 4.78 is 0. The summed E-state index contributed by atoms with van der Waals surface area (Å²) in [5, 5.41) is 5.52. The molecule has 20 heavy (non-hydrogen) atoms. The van der Waals surface area contributed by atoms with E-state index in [1.807, 2.05) is 0 Å². The first-order valence-corrected chi connectivity index (χ1v) is 9.20. The quantitative estimate of drug-likeness (QED) is 0.371. The molecule has 1 aromatic carbocycles. The van der Waals surface area contributed by atoms with Crippen molar-refractivity contribution in [2.75, 3.05) is 0 Å². The fourth-order valence-electron chi connectivity index (χ4n) is 2.55. The van der Waals surface area contributed by atoms with E-state index in [1.54, 1.807) is 0 Å². The third-order valence-electron chi connectivity index (χ3n) is 3.88. The number of aryl methyl sites for hydroxylation is 1. The Kier molecular flexibility index (Phi) is 10.8. The van der Waals surface area contributed by atoms with Crippen LogP contribution in [0.25, 0.3) is 0 Å². The first-order chi connectivity index (χ1) is 9.86. The second kappa shape index (κ2) is 12.3. The Morgan fingerprint density at radius 3 is 1.75 bits per heavy atom. The Hall–Kier alpha value is -0.470. The smallest absolute Gasteiger partial charge is 0.0226 e. The van der Waals surface area contributed by atoms with Gasteiger partial charge < -0.3 is 0 Å². The van der Waals surface area contributed by atoms with Crippen LogP contribution in [0.2, 0.25) is 0 Å². The molecule has 2 N–H and O–H groups in total. The molecule has 0 aliphatic carbocycles. The minimum Gasteiger partial charge on any atom is -0.274 e. The van der Waals surface area contributed by atoms with Gasteiger partial charge in [-0.15, -0.1) is 0 Å². The highest BCUT2D eigenvalue weighted by Crippen LogP contribution is 2.15. The van der Waals surface area contributed by atoms with Crippen molar-refractivity contribution in [2.45, 2.75) is 82.4 Å². The SMILES string of the molecule is CCCCCCCCCCCCc1ccc(SN)cc1. The highest BCUT2D eigenvalue weighted by Gasteiger charge is 1.96. The van der Waals surface area contributed by atoms with Gasteiger partial charge in [-0.2, -0.15) is 0 Å². The summed E-state index contributed by atoms with van der Waals surface area (Å²) in [5.74, 6) is 0. The number of hydrogen-bond acceptors (Lipinski definition) is 2. The van der Waals surface area contributed by atoms with Crippen LogP contribution in [0, 0.1) is 0 Å². The van der Waals surface area contributed by atoms with Gasteiger partial charge in [0.2, 0.25) is 0 Å². The standard InChI is InChI=1S/C18H31NS/c1-2-3-4-5-6-7-8-9-10-11-12-17-13-15-18(20-19)16-14-17/h13-16H,2-12,19H2,1H3. The van der Waals surface area contributed by atoms with E-state index in [0.717, 1.165) is 4.90 Å². The normalized spacial score (nSPS) is 10.9. The van der Waals surface area contributed by atoms with Crippen molar-refractivity contribution < 1.29 is 0 Å². The maximum absolute atomic E-state index is 5.52. The molecule has 0 radical (unpaired) electrons. The second-order valence-electron chi connectivity index (χ2n) is 5.69. The summed E-state index contributed by atoms with van der Waals surface area (Å²) in [7, 11) is 0. The first-order valence-electron chi connectivity index (χ1n) is 8.32. The summed E-state index contributed by atoms with van der Waals surface area (Å²) in [6, 6.07) is 8.67. The molecule has 0 unspecified atom stereocenters. The minimum atomic E-state index is 1.15. The molecule has 0 saturated heterocycles. The zero-order chi connectivity index (χ0) is 14.5. The van der Waals surface area contributed by atoms with Crippen molar-refractivity contribution >= 4 is 11.9 Å². The maximum atomic E-state index is 5.52. The molecular formula is C18H31NS. The van der Waals surface area contributed by atoms with Crippen LogP contribution in [0.5, 0.6) is 0 Å². The molecule has 0 aliphatic rings. The maximum Gasteiger partial charge on any atom is 0.0226 e. The minimum absolute atomic E-state index is 1.15. The first kappa shape index (κ1) is 17.6. The predicted molar refractivity (Wildman–Crippen MR) is 92.0 cm³/mol. The lowest BCUT2D eigenvalue weighted by molar-refractivity contribution is 0.556. The summed E-state index contributed by atoms with van der Waals surface area (Å²) >= 11 is 1.32. The second-order valence-corrected chi connectivity index (χ2v) is 6.40. The molecular weight excluding hydrogens is 262 g/mol. The van der Waals surface area contributed by atoms with Gasteiger partial charge in [0.05, 0.1) is 0 Å². The van der Waals surface area contributed by atoms with Gasteiger partial charge in [-0.3, -0.25) is 5.14 Å². The van der Waals surface area contributed by atoms with Crippen LogP contribution in [0.3, 0.4) is 0 Å². The Morgan fingerprint density at radius 2 is 1.25 bits per heavy atom. The highest BCUT2D eigenvalue weighted by atomic mass is 32.2. The van der Waals surface area contributed by atoms with Gasteiger partial charge >= 0.3 is 0 Å². The summed E-state index contributed by atoms with van der Waals surface area (Å²) in [6.07, 6.45) is 15.3. The summed E-state index contributed by atoms with van der Waals surface area (Å²) in [6.45, 7) is 2.28. The average molecular weight is 294 g/mol. The van der Waals surface area contributed by atoms with Crippen LogP contribution < -0.4 is 5.14 Å². The highest BCUT2D eigenvalue weighted by molar-refractivity contribution is 7.97. The lowest BCUT2D eigenvalue weighted by Crippen LogP contribution is -1.87. The van der Waals surface area contributed by atoms with Crippen molar-refractivity contribution in [3.05, 3.63) is 29.8 Å². The van der Waals surface area contributed by atoms with E-state index >= 15 is 0 Å². The predicted octanol–water partition coefficient (Wildman–Crippen LogP) is 6.12. The Labute approximate surface area is 129 Å². The number of hydrogen-bond donors (Lipinski definition) is 1. The van der Waals surface area contributed by atoms with Gasteiger partial charge in [-0.1, -0.05) is 76.8 Å². The largest absolute Gasteiger partial charge is 0.274 e. The van der Waals surface area contributed by atoms with Crippen molar-refractivity contribution in [2.24, 2.45) is 5.14 Å². The lowest BCUT2D eigenvalue weighted by Gasteiger charge is -2.04. The Morgan fingerprint density at radius 1 is 0.750 bits per heavy atom. The van der Waals surface area contributed by atoms with E-state index in [1.165, 1.54) is 88.1 Å². The van der Waals surface area contributed by atoms with E-state index in [2.05, 4.69) is 31.2 Å². The van der Waals surface area contributed by atoms with Crippen LogP contribution in [0.15, 0.2) is 29.2 Å². The van der Waals surface area contributed by atoms with Gasteiger partial charge in [0, 0.05) is 4.90 Å². The molecule has 114 valence electrons. The number of rotatable bonds is 12. The van der Waals surface area contributed by atoms with E-state index in [9.17, 15) is 0 Å². The van der Waals surface area contributed by atoms with Crippen molar-refractivity contribution in [1.29, 1.82) is 0 Å². The Bertz CT molecular complexity index is 321. The molecule has 0 heterocycles. The fourth-order valence-corrected chi connectivity index (χ4v) is 2.84. The zero-order valence-corrected chi connectivity index (χ0v) is 13.9. The molecule has 0 fully saturated rings. The lowest BCUT2D eigenvalue weighted by atomic mass is 10.0. The number of unbranched alkanes of at least 4 members (excludes halogenated alkanes) is 9. The fraction of sp³-hybridized carbons (Fsp3) is 0.667. The van der Waals surface area contributed by atoms with Gasteiger partial charge in [-0.25, -0.2) is 0 Å². The molecule has 0 bridgehead atoms. The van der Waals surface area contributed by atoms with Gasteiger partial charge in [0.25, 0.3) is 0 Å². The van der Waals surface area contributed by atoms with Crippen LogP contribution in [0.1, 0.15) is 76.7 Å². The van der Waals surface area contributed by atoms with Crippen molar-refractivity contribution in [3.8, 4) is 0 Å². The molecule has 1 aromatic rings. The van der Waals surface area contributed by atoms with Crippen molar-refractivity contribution in [3.63, 3.8) is 0 Å². The van der Waals surface area contributed by atoms with E-state index in [-0.39, 0.29) is 0 Å². The van der Waals surface area contributed by atoms with E-state index in [4.69, 9.17) is 5.14 Å². The van der Waals surface area contributed by atoms with Gasteiger partial charge in [-0.05, 0) is 42.5 Å². The summed E-state index contributed by atoms with van der Waals surface area (Å²) in [5.41, 5.74) is 1.45. The zero-order valence-electron chi connectivity index (χ0n) is 13.1. The molecule has 0 aromatic heterocycles.